The summed E-state index contributed by atoms with van der Waals surface area (Å²) >= 11 is 0. The van der Waals surface area contributed by atoms with Crippen LogP contribution in [-0.2, 0) is 28.5 Å². The maximum Gasteiger partial charge on any atom is 0.217 e. The lowest BCUT2D eigenvalue weighted by molar-refractivity contribution is -0.239. The van der Waals surface area contributed by atoms with Crippen molar-refractivity contribution in [1.82, 2.24) is 5.32 Å². The summed E-state index contributed by atoms with van der Waals surface area (Å²) in [4.78, 5) is 11.6. The van der Waals surface area contributed by atoms with Gasteiger partial charge in [0.15, 0.2) is 6.29 Å². The first-order valence-electron chi connectivity index (χ1n) is 10.3. The van der Waals surface area contributed by atoms with E-state index in [9.17, 15) is 4.79 Å². The molecular formula is C20H39NO6. The van der Waals surface area contributed by atoms with E-state index < -0.39 is 6.29 Å². The summed E-state index contributed by atoms with van der Waals surface area (Å²) < 4.78 is 28.3. The molecule has 1 unspecified atom stereocenters. The summed E-state index contributed by atoms with van der Waals surface area (Å²) in [6.45, 7) is 13.9. The van der Waals surface area contributed by atoms with Crippen LogP contribution in [-0.4, -0.2) is 70.6 Å². The van der Waals surface area contributed by atoms with Gasteiger partial charge in [0.1, 0.15) is 0 Å². The molecule has 1 amide bonds. The number of amides is 1. The van der Waals surface area contributed by atoms with Gasteiger partial charge >= 0.3 is 0 Å². The van der Waals surface area contributed by atoms with Crippen molar-refractivity contribution in [2.75, 3.05) is 46.2 Å². The Labute approximate surface area is 164 Å². The van der Waals surface area contributed by atoms with Crippen LogP contribution in [0.25, 0.3) is 0 Å². The highest BCUT2D eigenvalue weighted by Crippen LogP contribution is 2.32. The summed E-state index contributed by atoms with van der Waals surface area (Å²) in [5.41, 5.74) is 0. The minimum Gasteiger partial charge on any atom is -0.379 e. The predicted molar refractivity (Wildman–Crippen MR) is 104 cm³/mol. The molecule has 0 radical (unpaired) electrons. The minimum atomic E-state index is -0.444. The van der Waals surface area contributed by atoms with Gasteiger partial charge in [0.2, 0.25) is 5.91 Å². The molecule has 0 saturated carbocycles. The van der Waals surface area contributed by atoms with Gasteiger partial charge in [-0.3, -0.25) is 4.79 Å². The number of hydrogen-bond donors (Lipinski definition) is 1. The van der Waals surface area contributed by atoms with Crippen LogP contribution in [0.3, 0.4) is 0 Å². The monoisotopic (exact) mass is 389 g/mol. The first-order chi connectivity index (χ1) is 13.0. The number of carbonyl (C=O) groups is 1. The molecular weight excluding hydrogens is 350 g/mol. The van der Waals surface area contributed by atoms with Gasteiger partial charge in [-0.1, -0.05) is 27.7 Å². The third-order valence-electron chi connectivity index (χ3n) is 4.96. The van der Waals surface area contributed by atoms with Crippen LogP contribution in [0.15, 0.2) is 0 Å². The Kier molecular flexibility index (Phi) is 12.9. The van der Waals surface area contributed by atoms with Crippen molar-refractivity contribution >= 4 is 5.91 Å². The van der Waals surface area contributed by atoms with E-state index in [1.165, 1.54) is 6.92 Å². The third-order valence-corrected chi connectivity index (χ3v) is 4.96. The van der Waals surface area contributed by atoms with Crippen LogP contribution < -0.4 is 5.32 Å². The van der Waals surface area contributed by atoms with Gasteiger partial charge < -0.3 is 29.0 Å². The molecule has 0 spiro atoms. The molecule has 0 aliphatic carbocycles. The maximum absolute atomic E-state index is 11.6. The molecule has 7 heteroatoms. The van der Waals surface area contributed by atoms with Crippen molar-refractivity contribution in [3.8, 4) is 0 Å². The number of rotatable bonds is 14. The molecule has 1 fully saturated rings. The minimum absolute atomic E-state index is 0.0671. The quantitative estimate of drug-likeness (QED) is 0.460. The van der Waals surface area contributed by atoms with E-state index >= 15 is 0 Å². The first kappa shape index (κ1) is 24.3. The fourth-order valence-corrected chi connectivity index (χ4v) is 3.25. The zero-order valence-electron chi connectivity index (χ0n) is 17.7. The van der Waals surface area contributed by atoms with Crippen molar-refractivity contribution in [2.24, 2.45) is 11.8 Å². The fraction of sp³-hybridized carbons (Fsp3) is 0.950. The second kappa shape index (κ2) is 14.3. The second-order valence-electron chi connectivity index (χ2n) is 7.10. The zero-order valence-corrected chi connectivity index (χ0v) is 17.7. The zero-order chi connectivity index (χ0) is 20.1. The molecule has 1 rings (SSSR count). The lowest BCUT2D eigenvalue weighted by Gasteiger charge is -2.44. The average Bonchev–Trinajstić information content (AvgIpc) is 2.64. The molecule has 0 bridgehead atoms. The van der Waals surface area contributed by atoms with E-state index in [-0.39, 0.29) is 24.0 Å². The summed E-state index contributed by atoms with van der Waals surface area (Å²) in [6, 6.07) is -0.147. The molecule has 7 nitrogen and oxygen atoms in total. The Bertz CT molecular complexity index is 395. The molecule has 0 aromatic rings. The van der Waals surface area contributed by atoms with Crippen molar-refractivity contribution in [1.29, 1.82) is 0 Å². The molecule has 1 N–H and O–H groups in total. The Morgan fingerprint density at radius 1 is 0.889 bits per heavy atom. The first-order valence-corrected chi connectivity index (χ1v) is 10.3. The van der Waals surface area contributed by atoms with E-state index in [2.05, 4.69) is 33.0 Å². The van der Waals surface area contributed by atoms with Crippen LogP contribution in [0.2, 0.25) is 0 Å². The summed E-state index contributed by atoms with van der Waals surface area (Å²) in [6.07, 6.45) is 1.64. The number of carbonyl (C=O) groups excluding carboxylic acids is 1. The van der Waals surface area contributed by atoms with Crippen molar-refractivity contribution in [2.45, 2.75) is 65.9 Å². The normalized spacial score (nSPS) is 28.3. The summed E-state index contributed by atoms with van der Waals surface area (Å²) in [5, 5.41) is 2.98. The molecule has 0 aromatic heterocycles. The van der Waals surface area contributed by atoms with Crippen molar-refractivity contribution < 1.29 is 28.5 Å². The van der Waals surface area contributed by atoms with E-state index in [0.717, 1.165) is 19.4 Å². The summed E-state index contributed by atoms with van der Waals surface area (Å²) in [5.74, 6) is 0.575. The summed E-state index contributed by atoms with van der Waals surface area (Å²) in [7, 11) is 0. The second-order valence-corrected chi connectivity index (χ2v) is 7.10. The van der Waals surface area contributed by atoms with E-state index in [4.69, 9.17) is 23.7 Å². The van der Waals surface area contributed by atoms with Crippen LogP contribution in [0, 0.1) is 11.8 Å². The van der Waals surface area contributed by atoms with E-state index in [1.807, 2.05) is 0 Å². The van der Waals surface area contributed by atoms with E-state index in [0.29, 0.717) is 45.6 Å². The average molecular weight is 390 g/mol. The van der Waals surface area contributed by atoms with Gasteiger partial charge in [0, 0.05) is 13.5 Å². The number of ether oxygens (including phenoxy) is 5. The van der Waals surface area contributed by atoms with Crippen molar-refractivity contribution in [3.63, 3.8) is 0 Å². The van der Waals surface area contributed by atoms with Gasteiger partial charge in [-0.25, -0.2) is 0 Å². The molecule has 5 atom stereocenters. The maximum atomic E-state index is 11.6. The molecule has 0 aromatic carbocycles. The van der Waals surface area contributed by atoms with E-state index in [1.54, 1.807) is 0 Å². The van der Waals surface area contributed by atoms with Gasteiger partial charge in [0.25, 0.3) is 0 Å². The molecule has 1 aliphatic rings. The van der Waals surface area contributed by atoms with Crippen LogP contribution in [0.5, 0.6) is 0 Å². The SMILES string of the molecule is CCCOCCOCCOCCOC1O[C@H](CC)[C@H](C)[C@H](C)[C@H]1NC(C)=O. The smallest absolute Gasteiger partial charge is 0.217 e. The molecule has 1 aliphatic heterocycles. The molecule has 160 valence electrons. The largest absolute Gasteiger partial charge is 0.379 e. The molecule has 1 saturated heterocycles. The van der Waals surface area contributed by atoms with Crippen molar-refractivity contribution in [3.05, 3.63) is 0 Å². The number of hydrogen-bond acceptors (Lipinski definition) is 6. The van der Waals surface area contributed by atoms with Crippen LogP contribution in [0.4, 0.5) is 0 Å². The molecule has 1 heterocycles. The van der Waals surface area contributed by atoms with Gasteiger partial charge in [-0.15, -0.1) is 0 Å². The van der Waals surface area contributed by atoms with Gasteiger partial charge in [-0.05, 0) is 24.7 Å². The Balaban J connectivity index is 2.23. The fourth-order valence-electron chi connectivity index (χ4n) is 3.25. The lowest BCUT2D eigenvalue weighted by atomic mass is 9.81. The highest BCUT2D eigenvalue weighted by atomic mass is 16.7. The topological polar surface area (TPSA) is 75.2 Å². The van der Waals surface area contributed by atoms with Gasteiger partial charge in [0.05, 0.1) is 51.8 Å². The molecule has 27 heavy (non-hydrogen) atoms. The predicted octanol–water partition coefficient (Wildman–Crippen LogP) is 2.37. The number of nitrogens with one attached hydrogen (secondary N) is 1. The third kappa shape index (κ3) is 9.34. The standard InChI is InChI=1S/C20H39NO6/c1-6-8-23-9-10-24-11-12-25-13-14-26-20-19(21-17(5)22)16(4)15(3)18(7-2)27-20/h15-16,18-20H,6-14H2,1-5H3,(H,21,22)/t15-,16+,18-,19-,20?/m1/s1. The Morgan fingerprint density at radius 2 is 1.44 bits per heavy atom. The van der Waals surface area contributed by atoms with Crippen LogP contribution >= 0.6 is 0 Å². The lowest BCUT2D eigenvalue weighted by Crippen LogP contribution is -2.57. The Hall–Kier alpha value is -0.730. The van der Waals surface area contributed by atoms with Gasteiger partial charge in [-0.2, -0.15) is 0 Å². The van der Waals surface area contributed by atoms with Crippen LogP contribution in [0.1, 0.15) is 47.5 Å². The Morgan fingerprint density at radius 3 is 1.96 bits per heavy atom. The highest BCUT2D eigenvalue weighted by Gasteiger charge is 2.41. The highest BCUT2D eigenvalue weighted by molar-refractivity contribution is 5.73.